The Kier molecular flexibility index (Phi) is 3.33. The summed E-state index contributed by atoms with van der Waals surface area (Å²) in [5.74, 6) is 0.938. The highest BCUT2D eigenvalue weighted by molar-refractivity contribution is 6.08. The molecule has 0 unspecified atom stereocenters. The maximum Gasteiger partial charge on any atom is 0.170 e. The fraction of sp³-hybridized carbons (Fsp3) is 0.176. The van der Waals surface area contributed by atoms with Crippen LogP contribution in [0.5, 0.6) is 0 Å². The van der Waals surface area contributed by atoms with Crippen molar-refractivity contribution in [2.24, 2.45) is 0 Å². The Bertz CT molecular complexity index is 753. The van der Waals surface area contributed by atoms with Gasteiger partial charge < -0.3 is 4.57 Å². The predicted octanol–water partition coefficient (Wildman–Crippen LogP) is 3.48. The van der Waals surface area contributed by atoms with Crippen molar-refractivity contribution in [3.05, 3.63) is 66.2 Å². The van der Waals surface area contributed by atoms with E-state index in [2.05, 4.69) is 4.98 Å². The summed E-state index contributed by atoms with van der Waals surface area (Å²) in [5, 5.41) is 2.10. The summed E-state index contributed by atoms with van der Waals surface area (Å²) in [6.45, 7) is 2.88. The molecule has 0 atom stereocenters. The van der Waals surface area contributed by atoms with Crippen molar-refractivity contribution in [3.63, 3.8) is 0 Å². The van der Waals surface area contributed by atoms with Crippen molar-refractivity contribution in [2.45, 2.75) is 19.9 Å². The summed E-state index contributed by atoms with van der Waals surface area (Å²) in [6.07, 6.45) is 4.00. The first kappa shape index (κ1) is 12.6. The molecule has 0 amide bonds. The highest BCUT2D eigenvalue weighted by Crippen LogP contribution is 2.20. The number of rotatable bonds is 4. The molecule has 3 nitrogen and oxygen atoms in total. The van der Waals surface area contributed by atoms with Crippen molar-refractivity contribution in [3.8, 4) is 0 Å². The number of fused-ring (bicyclic) bond motifs is 1. The third-order valence-electron chi connectivity index (χ3n) is 3.55. The Morgan fingerprint density at radius 2 is 1.95 bits per heavy atom. The van der Waals surface area contributed by atoms with Gasteiger partial charge in [0.05, 0.1) is 6.42 Å². The molecule has 0 fully saturated rings. The SMILES string of the molecule is CCn1ccnc1CC(=O)c1cccc2ccccc12. The standard InChI is InChI=1S/C17H16N2O/c1-2-19-11-10-18-17(19)12-16(20)15-9-5-7-13-6-3-4-8-14(13)15/h3-11H,2,12H2,1H3. The maximum atomic E-state index is 12.5. The summed E-state index contributed by atoms with van der Waals surface area (Å²) in [5.41, 5.74) is 0.772. The number of aryl methyl sites for hydroxylation is 1. The Labute approximate surface area is 117 Å². The zero-order chi connectivity index (χ0) is 13.9. The number of hydrogen-bond acceptors (Lipinski definition) is 2. The second-order valence-corrected chi connectivity index (χ2v) is 4.76. The zero-order valence-corrected chi connectivity index (χ0v) is 11.4. The van der Waals surface area contributed by atoms with Crippen LogP contribution in [0.3, 0.4) is 0 Å². The fourth-order valence-electron chi connectivity index (χ4n) is 2.50. The van der Waals surface area contributed by atoms with Gasteiger partial charge in [-0.3, -0.25) is 4.79 Å². The molecule has 0 radical (unpaired) electrons. The molecule has 0 spiro atoms. The molecule has 3 heteroatoms. The van der Waals surface area contributed by atoms with Crippen molar-refractivity contribution in [2.75, 3.05) is 0 Å². The molecule has 0 N–H and O–H groups in total. The molecule has 0 aliphatic heterocycles. The van der Waals surface area contributed by atoms with Gasteiger partial charge in [-0.05, 0) is 17.7 Å². The number of Topliss-reactive ketones (excluding diaryl/α,β-unsaturated/α-hetero) is 1. The van der Waals surface area contributed by atoms with Crippen LogP contribution in [0, 0.1) is 0 Å². The van der Waals surface area contributed by atoms with E-state index >= 15 is 0 Å². The smallest absolute Gasteiger partial charge is 0.170 e. The van der Waals surface area contributed by atoms with Gasteiger partial charge >= 0.3 is 0 Å². The van der Waals surface area contributed by atoms with Crippen LogP contribution in [-0.4, -0.2) is 15.3 Å². The number of carbonyl (C=O) groups is 1. The highest BCUT2D eigenvalue weighted by atomic mass is 16.1. The number of hydrogen-bond donors (Lipinski definition) is 0. The molecule has 0 bridgehead atoms. The average molecular weight is 264 g/mol. The molecule has 2 aromatic carbocycles. The van der Waals surface area contributed by atoms with Gasteiger partial charge in [-0.15, -0.1) is 0 Å². The van der Waals surface area contributed by atoms with E-state index < -0.39 is 0 Å². The van der Waals surface area contributed by atoms with Crippen LogP contribution in [0.4, 0.5) is 0 Å². The quantitative estimate of drug-likeness (QED) is 0.676. The fourth-order valence-corrected chi connectivity index (χ4v) is 2.50. The monoisotopic (exact) mass is 264 g/mol. The second-order valence-electron chi connectivity index (χ2n) is 4.76. The number of benzene rings is 2. The van der Waals surface area contributed by atoms with E-state index in [1.807, 2.05) is 60.2 Å². The number of ketones is 1. The Balaban J connectivity index is 1.97. The lowest BCUT2D eigenvalue weighted by atomic mass is 10.00. The van der Waals surface area contributed by atoms with Gasteiger partial charge in [0.2, 0.25) is 0 Å². The number of aromatic nitrogens is 2. The highest BCUT2D eigenvalue weighted by Gasteiger charge is 2.13. The average Bonchev–Trinajstić information content (AvgIpc) is 2.93. The third-order valence-corrected chi connectivity index (χ3v) is 3.55. The summed E-state index contributed by atoms with van der Waals surface area (Å²) < 4.78 is 2.00. The van der Waals surface area contributed by atoms with Crippen molar-refractivity contribution >= 4 is 16.6 Å². The van der Waals surface area contributed by atoms with Gasteiger partial charge in [0, 0.05) is 24.5 Å². The van der Waals surface area contributed by atoms with E-state index in [1.54, 1.807) is 6.20 Å². The summed E-state index contributed by atoms with van der Waals surface area (Å²) in [7, 11) is 0. The molecule has 1 aromatic heterocycles. The van der Waals surface area contributed by atoms with Crippen LogP contribution < -0.4 is 0 Å². The third kappa shape index (κ3) is 2.23. The van der Waals surface area contributed by atoms with E-state index in [-0.39, 0.29) is 5.78 Å². The van der Waals surface area contributed by atoms with E-state index in [0.717, 1.165) is 28.7 Å². The Morgan fingerprint density at radius 3 is 2.80 bits per heavy atom. The molecule has 0 aliphatic carbocycles. The lowest BCUT2D eigenvalue weighted by Gasteiger charge is -2.07. The molecular weight excluding hydrogens is 248 g/mol. The molecule has 3 aromatic rings. The Hall–Kier alpha value is -2.42. The zero-order valence-electron chi connectivity index (χ0n) is 11.4. The van der Waals surface area contributed by atoms with Crippen LogP contribution in [0.1, 0.15) is 23.1 Å². The van der Waals surface area contributed by atoms with Gasteiger partial charge in [0.1, 0.15) is 5.82 Å². The first-order valence-electron chi connectivity index (χ1n) is 6.80. The largest absolute Gasteiger partial charge is 0.335 e. The van der Waals surface area contributed by atoms with Crippen molar-refractivity contribution < 1.29 is 4.79 Å². The number of carbonyl (C=O) groups excluding carboxylic acids is 1. The molecule has 3 rings (SSSR count). The van der Waals surface area contributed by atoms with E-state index in [9.17, 15) is 4.79 Å². The van der Waals surface area contributed by atoms with E-state index in [4.69, 9.17) is 0 Å². The van der Waals surface area contributed by atoms with Crippen LogP contribution >= 0.6 is 0 Å². The minimum absolute atomic E-state index is 0.114. The lowest BCUT2D eigenvalue weighted by Crippen LogP contribution is -2.10. The van der Waals surface area contributed by atoms with Crippen molar-refractivity contribution in [1.29, 1.82) is 0 Å². The molecule has 0 saturated heterocycles. The lowest BCUT2D eigenvalue weighted by molar-refractivity contribution is 0.0991. The second kappa shape index (κ2) is 5.29. The summed E-state index contributed by atoms with van der Waals surface area (Å²) >= 11 is 0. The molecular formula is C17H16N2O. The predicted molar refractivity (Wildman–Crippen MR) is 79.9 cm³/mol. The maximum absolute atomic E-state index is 12.5. The molecule has 100 valence electrons. The van der Waals surface area contributed by atoms with Gasteiger partial charge in [-0.25, -0.2) is 4.98 Å². The van der Waals surface area contributed by atoms with Gasteiger partial charge in [0.15, 0.2) is 5.78 Å². The molecule has 1 heterocycles. The number of nitrogens with zero attached hydrogens (tertiary/aromatic N) is 2. The van der Waals surface area contributed by atoms with Gasteiger partial charge in [0.25, 0.3) is 0 Å². The topological polar surface area (TPSA) is 34.9 Å². The number of imidazole rings is 1. The van der Waals surface area contributed by atoms with Crippen molar-refractivity contribution in [1.82, 2.24) is 9.55 Å². The Morgan fingerprint density at radius 1 is 1.15 bits per heavy atom. The normalized spacial score (nSPS) is 10.8. The summed E-state index contributed by atoms with van der Waals surface area (Å²) in [4.78, 5) is 16.8. The van der Waals surface area contributed by atoms with Crippen LogP contribution in [0.15, 0.2) is 54.9 Å². The first-order chi connectivity index (χ1) is 9.79. The van der Waals surface area contributed by atoms with Crippen LogP contribution in [-0.2, 0) is 13.0 Å². The first-order valence-corrected chi connectivity index (χ1v) is 6.80. The van der Waals surface area contributed by atoms with E-state index in [0.29, 0.717) is 6.42 Å². The van der Waals surface area contributed by atoms with E-state index in [1.165, 1.54) is 0 Å². The van der Waals surface area contributed by atoms with Crippen LogP contribution in [0.2, 0.25) is 0 Å². The minimum Gasteiger partial charge on any atom is -0.335 e. The van der Waals surface area contributed by atoms with Gasteiger partial charge in [-0.2, -0.15) is 0 Å². The van der Waals surface area contributed by atoms with Gasteiger partial charge in [-0.1, -0.05) is 42.5 Å². The molecule has 20 heavy (non-hydrogen) atoms. The molecule has 0 aliphatic rings. The summed E-state index contributed by atoms with van der Waals surface area (Å²) in [6, 6.07) is 13.8. The molecule has 0 saturated carbocycles. The minimum atomic E-state index is 0.114. The van der Waals surface area contributed by atoms with Crippen LogP contribution in [0.25, 0.3) is 10.8 Å².